The van der Waals surface area contributed by atoms with E-state index in [1.807, 2.05) is 0 Å². The van der Waals surface area contributed by atoms with E-state index in [2.05, 4.69) is 48.3 Å². The van der Waals surface area contributed by atoms with E-state index in [1.165, 1.54) is 17.7 Å². The van der Waals surface area contributed by atoms with Crippen LogP contribution in [0.1, 0.15) is 32.3 Å². The number of methoxy groups -OCH3 is 1. The maximum absolute atomic E-state index is 5.15. The Morgan fingerprint density at radius 2 is 2.10 bits per heavy atom. The van der Waals surface area contributed by atoms with Crippen molar-refractivity contribution in [3.05, 3.63) is 29.8 Å². The molecule has 2 rings (SSSR count). The third kappa shape index (κ3) is 3.97. The summed E-state index contributed by atoms with van der Waals surface area (Å²) in [6.07, 6.45) is 2.32. The number of benzene rings is 1. The monoisotopic (exact) mass is 276 g/mol. The fourth-order valence-corrected chi connectivity index (χ4v) is 2.82. The lowest BCUT2D eigenvalue weighted by molar-refractivity contribution is 0.193. The normalized spacial score (nSPS) is 19.0. The van der Waals surface area contributed by atoms with Gasteiger partial charge in [0.05, 0.1) is 0 Å². The Labute approximate surface area is 123 Å². The van der Waals surface area contributed by atoms with Crippen molar-refractivity contribution < 1.29 is 4.74 Å². The van der Waals surface area contributed by atoms with Gasteiger partial charge >= 0.3 is 0 Å². The van der Waals surface area contributed by atoms with Crippen molar-refractivity contribution in [1.29, 1.82) is 0 Å². The lowest BCUT2D eigenvalue weighted by atomic mass is 10.0. The topological polar surface area (TPSA) is 24.5 Å². The smallest absolute Gasteiger partial charge is 0.0462 e. The van der Waals surface area contributed by atoms with Crippen molar-refractivity contribution in [2.24, 2.45) is 5.92 Å². The third-order valence-corrected chi connectivity index (χ3v) is 4.14. The van der Waals surface area contributed by atoms with Crippen LogP contribution in [0.5, 0.6) is 0 Å². The van der Waals surface area contributed by atoms with Crippen LogP contribution in [0, 0.1) is 5.92 Å². The van der Waals surface area contributed by atoms with Crippen molar-refractivity contribution in [3.8, 4) is 0 Å². The second-order valence-corrected chi connectivity index (χ2v) is 6.01. The Kier molecular flexibility index (Phi) is 5.86. The molecule has 1 unspecified atom stereocenters. The van der Waals surface area contributed by atoms with Gasteiger partial charge in [-0.25, -0.2) is 0 Å². The molecule has 0 aliphatic carbocycles. The van der Waals surface area contributed by atoms with Crippen LogP contribution < -0.4 is 10.2 Å². The second kappa shape index (κ2) is 7.65. The molecule has 1 aromatic carbocycles. The standard InChI is InChI=1S/C17H28N2O/c1-14(2)16-13-19(10-6-7-11-20-3)17-9-5-4-8-15(17)12-18-16/h4-5,8-9,14,16,18H,6-7,10-13H2,1-3H3. The summed E-state index contributed by atoms with van der Waals surface area (Å²) < 4.78 is 5.15. The van der Waals surface area contributed by atoms with Crippen molar-refractivity contribution in [1.82, 2.24) is 5.32 Å². The average molecular weight is 276 g/mol. The van der Waals surface area contributed by atoms with Gasteiger partial charge in [0.15, 0.2) is 0 Å². The lowest BCUT2D eigenvalue weighted by Gasteiger charge is -2.29. The summed E-state index contributed by atoms with van der Waals surface area (Å²) in [5, 5.41) is 3.70. The van der Waals surface area contributed by atoms with Crippen molar-refractivity contribution in [2.45, 2.75) is 39.3 Å². The minimum atomic E-state index is 0.560. The van der Waals surface area contributed by atoms with E-state index >= 15 is 0 Å². The molecule has 1 heterocycles. The zero-order valence-electron chi connectivity index (χ0n) is 13.1. The largest absolute Gasteiger partial charge is 0.385 e. The molecule has 0 spiro atoms. The van der Waals surface area contributed by atoms with E-state index < -0.39 is 0 Å². The van der Waals surface area contributed by atoms with Gasteiger partial charge in [-0.15, -0.1) is 0 Å². The minimum Gasteiger partial charge on any atom is -0.385 e. The summed E-state index contributed by atoms with van der Waals surface area (Å²) >= 11 is 0. The number of nitrogens with zero attached hydrogens (tertiary/aromatic N) is 1. The van der Waals surface area contributed by atoms with Crippen LogP contribution in [0.25, 0.3) is 0 Å². The molecule has 0 saturated carbocycles. The van der Waals surface area contributed by atoms with E-state index in [1.54, 1.807) is 7.11 Å². The summed E-state index contributed by atoms with van der Waals surface area (Å²) in [6, 6.07) is 9.35. The zero-order chi connectivity index (χ0) is 14.4. The third-order valence-electron chi connectivity index (χ3n) is 4.14. The highest BCUT2D eigenvalue weighted by molar-refractivity contribution is 5.54. The van der Waals surface area contributed by atoms with Crippen LogP contribution >= 0.6 is 0 Å². The van der Waals surface area contributed by atoms with Gasteiger partial charge in [0.25, 0.3) is 0 Å². The predicted molar refractivity (Wildman–Crippen MR) is 85.2 cm³/mol. The highest BCUT2D eigenvalue weighted by Crippen LogP contribution is 2.25. The molecule has 0 bridgehead atoms. The van der Waals surface area contributed by atoms with Crippen LogP contribution in [0.4, 0.5) is 5.69 Å². The van der Waals surface area contributed by atoms with E-state index in [4.69, 9.17) is 4.74 Å². The van der Waals surface area contributed by atoms with Crippen LogP contribution in [0.2, 0.25) is 0 Å². The molecule has 0 radical (unpaired) electrons. The summed E-state index contributed by atoms with van der Waals surface area (Å²) in [5.41, 5.74) is 2.82. The summed E-state index contributed by atoms with van der Waals surface area (Å²) in [6.45, 7) is 8.66. The van der Waals surface area contributed by atoms with Crippen LogP contribution in [0.3, 0.4) is 0 Å². The maximum atomic E-state index is 5.15. The number of unbranched alkanes of at least 4 members (excludes halogenated alkanes) is 1. The molecular formula is C17H28N2O. The molecule has 1 aliphatic heterocycles. The SMILES string of the molecule is COCCCCN1CC(C(C)C)NCc2ccccc21. The molecule has 20 heavy (non-hydrogen) atoms. The summed E-state index contributed by atoms with van der Waals surface area (Å²) in [5.74, 6) is 0.658. The summed E-state index contributed by atoms with van der Waals surface area (Å²) in [7, 11) is 1.78. The lowest BCUT2D eigenvalue weighted by Crippen LogP contribution is -2.42. The number of ether oxygens (including phenoxy) is 1. The number of hydrogen-bond acceptors (Lipinski definition) is 3. The van der Waals surface area contributed by atoms with Crippen molar-refractivity contribution in [3.63, 3.8) is 0 Å². The fourth-order valence-electron chi connectivity index (χ4n) is 2.82. The van der Waals surface area contributed by atoms with Crippen molar-refractivity contribution >= 4 is 5.69 Å². The molecule has 0 saturated heterocycles. The van der Waals surface area contributed by atoms with Crippen molar-refractivity contribution in [2.75, 3.05) is 31.7 Å². The average Bonchev–Trinajstić information content (AvgIpc) is 2.64. The number of nitrogens with one attached hydrogen (secondary N) is 1. The first-order valence-electron chi connectivity index (χ1n) is 7.77. The van der Waals surface area contributed by atoms with Crippen LogP contribution in [-0.4, -0.2) is 32.8 Å². The molecule has 1 atom stereocenters. The van der Waals surface area contributed by atoms with Gasteiger partial charge in [0, 0.05) is 45.1 Å². The molecule has 3 nitrogen and oxygen atoms in total. The number of fused-ring (bicyclic) bond motifs is 1. The first-order valence-corrected chi connectivity index (χ1v) is 7.77. The number of hydrogen-bond donors (Lipinski definition) is 1. The van der Waals surface area contributed by atoms with Gasteiger partial charge in [-0.2, -0.15) is 0 Å². The first-order chi connectivity index (χ1) is 9.72. The quantitative estimate of drug-likeness (QED) is 0.808. The molecule has 1 aliphatic rings. The van der Waals surface area contributed by atoms with Gasteiger partial charge in [-0.05, 0) is 30.4 Å². The van der Waals surface area contributed by atoms with Crippen LogP contribution in [0.15, 0.2) is 24.3 Å². The number of anilines is 1. The van der Waals surface area contributed by atoms with Gasteiger partial charge in [0.2, 0.25) is 0 Å². The molecule has 1 N–H and O–H groups in total. The minimum absolute atomic E-state index is 0.560. The van der Waals surface area contributed by atoms with Gasteiger partial charge < -0.3 is 15.0 Å². The fraction of sp³-hybridized carbons (Fsp3) is 0.647. The highest BCUT2D eigenvalue weighted by atomic mass is 16.5. The number of para-hydroxylation sites is 1. The van der Waals surface area contributed by atoms with E-state index in [0.29, 0.717) is 12.0 Å². The Hall–Kier alpha value is -1.06. The van der Waals surface area contributed by atoms with Gasteiger partial charge in [0.1, 0.15) is 0 Å². The highest BCUT2D eigenvalue weighted by Gasteiger charge is 2.22. The molecular weight excluding hydrogens is 248 g/mol. The molecule has 112 valence electrons. The van der Waals surface area contributed by atoms with E-state index in [9.17, 15) is 0 Å². The molecule has 0 fully saturated rings. The zero-order valence-corrected chi connectivity index (χ0v) is 13.1. The Bertz CT molecular complexity index is 406. The molecule has 0 aromatic heterocycles. The van der Waals surface area contributed by atoms with E-state index in [0.717, 1.165) is 32.7 Å². The Morgan fingerprint density at radius 1 is 1.30 bits per heavy atom. The number of rotatable bonds is 6. The molecule has 3 heteroatoms. The van der Waals surface area contributed by atoms with Gasteiger partial charge in [-0.3, -0.25) is 0 Å². The molecule has 1 aromatic rings. The first kappa shape index (κ1) is 15.3. The molecule has 0 amide bonds. The summed E-state index contributed by atoms with van der Waals surface area (Å²) in [4.78, 5) is 2.55. The van der Waals surface area contributed by atoms with E-state index in [-0.39, 0.29) is 0 Å². The van der Waals surface area contributed by atoms with Crippen LogP contribution in [-0.2, 0) is 11.3 Å². The predicted octanol–water partition coefficient (Wildman–Crippen LogP) is 3.05. The maximum Gasteiger partial charge on any atom is 0.0462 e. The van der Waals surface area contributed by atoms with Gasteiger partial charge in [-0.1, -0.05) is 32.0 Å². The Balaban J connectivity index is 2.07. The second-order valence-electron chi connectivity index (χ2n) is 6.01. The Morgan fingerprint density at radius 3 is 2.85 bits per heavy atom.